The van der Waals surface area contributed by atoms with Gasteiger partial charge in [-0.25, -0.2) is 0 Å². The number of hydrogen-bond acceptors (Lipinski definition) is 2. The Morgan fingerprint density at radius 3 is 2.73 bits per heavy atom. The van der Waals surface area contributed by atoms with Crippen molar-refractivity contribution in [1.82, 2.24) is 14.7 Å². The molecule has 0 amide bonds. The van der Waals surface area contributed by atoms with Gasteiger partial charge in [0.2, 0.25) is 0 Å². The van der Waals surface area contributed by atoms with Crippen LogP contribution in [0, 0.1) is 0 Å². The molecule has 1 aliphatic rings. The highest BCUT2D eigenvalue weighted by Crippen LogP contribution is 2.11. The third kappa shape index (κ3) is 2.15. The van der Waals surface area contributed by atoms with E-state index in [9.17, 15) is 4.79 Å². The molecule has 0 aliphatic carbocycles. The van der Waals surface area contributed by atoms with Crippen LogP contribution in [0.1, 0.15) is 25.0 Å². The van der Waals surface area contributed by atoms with Gasteiger partial charge in [-0.1, -0.05) is 6.42 Å². The van der Waals surface area contributed by atoms with E-state index in [2.05, 4.69) is 5.32 Å². The van der Waals surface area contributed by atoms with Gasteiger partial charge in [0.05, 0.1) is 0 Å². The molecule has 2 heterocycles. The zero-order valence-corrected chi connectivity index (χ0v) is 9.49. The molecular weight excluding hydrogens is 190 g/mol. The van der Waals surface area contributed by atoms with Crippen LogP contribution in [-0.4, -0.2) is 22.0 Å². The quantitative estimate of drug-likeness (QED) is 0.766. The second-order valence-electron chi connectivity index (χ2n) is 4.37. The van der Waals surface area contributed by atoms with Gasteiger partial charge in [-0.05, 0) is 19.4 Å². The van der Waals surface area contributed by atoms with E-state index in [1.165, 1.54) is 19.3 Å². The maximum atomic E-state index is 11.4. The summed E-state index contributed by atoms with van der Waals surface area (Å²) in [6.07, 6.45) is 4.78. The summed E-state index contributed by atoms with van der Waals surface area (Å²) in [6, 6.07) is 2.29. The van der Waals surface area contributed by atoms with E-state index >= 15 is 0 Å². The topological polar surface area (TPSA) is 39.0 Å². The Hall–Kier alpha value is -1.03. The van der Waals surface area contributed by atoms with Crippen LogP contribution in [0.4, 0.5) is 0 Å². The Morgan fingerprint density at radius 2 is 2.20 bits per heavy atom. The van der Waals surface area contributed by atoms with Gasteiger partial charge < -0.3 is 5.32 Å². The van der Waals surface area contributed by atoms with E-state index in [-0.39, 0.29) is 5.56 Å². The van der Waals surface area contributed by atoms with Gasteiger partial charge in [-0.2, -0.15) is 0 Å². The molecule has 1 unspecified atom stereocenters. The van der Waals surface area contributed by atoms with Gasteiger partial charge in [0.25, 0.3) is 5.56 Å². The van der Waals surface area contributed by atoms with Crippen molar-refractivity contribution in [2.24, 2.45) is 14.1 Å². The number of nitrogens with one attached hydrogen (secondary N) is 1. The highest BCUT2D eigenvalue weighted by atomic mass is 16.1. The predicted molar refractivity (Wildman–Crippen MR) is 60.0 cm³/mol. The van der Waals surface area contributed by atoms with Gasteiger partial charge in [-0.3, -0.25) is 14.2 Å². The second-order valence-corrected chi connectivity index (χ2v) is 4.37. The minimum absolute atomic E-state index is 0.0864. The summed E-state index contributed by atoms with van der Waals surface area (Å²) in [6.45, 7) is 1.12. The average molecular weight is 209 g/mol. The zero-order chi connectivity index (χ0) is 10.8. The number of aromatic nitrogens is 2. The van der Waals surface area contributed by atoms with Gasteiger partial charge in [-0.15, -0.1) is 0 Å². The summed E-state index contributed by atoms with van der Waals surface area (Å²) in [4.78, 5) is 11.4. The number of rotatable bonds is 2. The first-order chi connectivity index (χ1) is 7.18. The number of nitrogens with zero attached hydrogens (tertiary/aromatic N) is 2. The van der Waals surface area contributed by atoms with Crippen LogP contribution in [0.5, 0.6) is 0 Å². The average Bonchev–Trinajstić information content (AvgIpc) is 2.48. The molecular formula is C11H19N3O. The predicted octanol–water partition coefficient (Wildman–Crippen LogP) is 0.408. The fraction of sp³-hybridized carbons (Fsp3) is 0.727. The molecule has 0 bridgehead atoms. The molecule has 1 aromatic heterocycles. The summed E-state index contributed by atoms with van der Waals surface area (Å²) in [5.41, 5.74) is 1.21. The molecule has 1 saturated heterocycles. The Bertz CT molecular complexity index is 385. The third-order valence-electron chi connectivity index (χ3n) is 3.34. The SMILES string of the molecule is Cn1c(CC2CCCCN2)cc(=O)n1C. The normalized spacial score (nSPS) is 21.9. The Morgan fingerprint density at radius 1 is 1.40 bits per heavy atom. The lowest BCUT2D eigenvalue weighted by Gasteiger charge is -2.23. The monoisotopic (exact) mass is 209 g/mol. The molecule has 1 N–H and O–H groups in total. The maximum Gasteiger partial charge on any atom is 0.266 e. The minimum Gasteiger partial charge on any atom is -0.314 e. The number of piperidine rings is 1. The van der Waals surface area contributed by atoms with Crippen LogP contribution in [0.25, 0.3) is 0 Å². The van der Waals surface area contributed by atoms with Crippen molar-refractivity contribution < 1.29 is 0 Å². The molecule has 4 nitrogen and oxygen atoms in total. The van der Waals surface area contributed by atoms with E-state index in [0.29, 0.717) is 6.04 Å². The van der Waals surface area contributed by atoms with Gasteiger partial charge >= 0.3 is 0 Å². The molecule has 15 heavy (non-hydrogen) atoms. The highest BCUT2D eigenvalue weighted by Gasteiger charge is 2.15. The van der Waals surface area contributed by atoms with Gasteiger partial charge in [0, 0.05) is 38.3 Å². The van der Waals surface area contributed by atoms with Gasteiger partial charge in [0.15, 0.2) is 0 Å². The van der Waals surface area contributed by atoms with E-state index < -0.39 is 0 Å². The van der Waals surface area contributed by atoms with Crippen molar-refractivity contribution in [3.05, 3.63) is 22.1 Å². The molecule has 1 atom stereocenters. The van der Waals surface area contributed by atoms with Crippen LogP contribution < -0.4 is 10.9 Å². The minimum atomic E-state index is 0.0864. The van der Waals surface area contributed by atoms with Crippen LogP contribution in [0.15, 0.2) is 10.9 Å². The summed E-state index contributed by atoms with van der Waals surface area (Å²) < 4.78 is 3.59. The van der Waals surface area contributed by atoms with Gasteiger partial charge in [0.1, 0.15) is 0 Å². The fourth-order valence-corrected chi connectivity index (χ4v) is 2.21. The summed E-state index contributed by atoms with van der Waals surface area (Å²) >= 11 is 0. The van der Waals surface area contributed by atoms with Crippen molar-refractivity contribution in [3.63, 3.8) is 0 Å². The molecule has 0 saturated carbocycles. The maximum absolute atomic E-state index is 11.4. The molecule has 4 heteroatoms. The first-order valence-electron chi connectivity index (χ1n) is 5.64. The van der Waals surface area contributed by atoms with Crippen molar-refractivity contribution in [2.45, 2.75) is 31.7 Å². The first kappa shape index (κ1) is 10.5. The first-order valence-corrected chi connectivity index (χ1v) is 5.64. The van der Waals surface area contributed by atoms with Crippen LogP contribution in [-0.2, 0) is 20.5 Å². The Labute approximate surface area is 89.9 Å². The standard InChI is InChI=1S/C11H19N3O/c1-13-10(8-11(15)14(13)2)7-9-5-3-4-6-12-9/h8-9,12H,3-7H2,1-2H3. The lowest BCUT2D eigenvalue weighted by Crippen LogP contribution is -2.36. The Balaban J connectivity index is 2.09. The van der Waals surface area contributed by atoms with E-state index in [4.69, 9.17) is 0 Å². The molecule has 84 valence electrons. The van der Waals surface area contributed by atoms with E-state index in [1.54, 1.807) is 17.8 Å². The lowest BCUT2D eigenvalue weighted by molar-refractivity contribution is 0.390. The molecule has 0 aromatic carbocycles. The molecule has 1 fully saturated rings. The molecule has 1 aromatic rings. The van der Waals surface area contributed by atoms with Crippen molar-refractivity contribution in [3.8, 4) is 0 Å². The smallest absolute Gasteiger partial charge is 0.266 e. The molecule has 0 spiro atoms. The zero-order valence-electron chi connectivity index (χ0n) is 9.49. The van der Waals surface area contributed by atoms with Crippen LogP contribution in [0.2, 0.25) is 0 Å². The largest absolute Gasteiger partial charge is 0.314 e. The lowest BCUT2D eigenvalue weighted by atomic mass is 10.0. The van der Waals surface area contributed by atoms with Crippen molar-refractivity contribution in [1.29, 1.82) is 0 Å². The highest BCUT2D eigenvalue weighted by molar-refractivity contribution is 5.04. The van der Waals surface area contributed by atoms with E-state index in [1.807, 2.05) is 11.7 Å². The Kier molecular flexibility index (Phi) is 2.95. The summed E-state index contributed by atoms with van der Waals surface area (Å²) in [7, 11) is 3.75. The van der Waals surface area contributed by atoms with E-state index in [0.717, 1.165) is 18.7 Å². The summed E-state index contributed by atoms with van der Waals surface area (Å²) in [5, 5.41) is 3.50. The molecule has 2 rings (SSSR count). The number of hydrogen-bond donors (Lipinski definition) is 1. The second kappa shape index (κ2) is 4.23. The molecule has 1 aliphatic heterocycles. The van der Waals surface area contributed by atoms with Crippen LogP contribution >= 0.6 is 0 Å². The van der Waals surface area contributed by atoms with Crippen LogP contribution in [0.3, 0.4) is 0 Å². The summed E-state index contributed by atoms with van der Waals surface area (Å²) in [5.74, 6) is 0. The van der Waals surface area contributed by atoms with Crippen molar-refractivity contribution in [2.75, 3.05) is 6.54 Å². The third-order valence-corrected chi connectivity index (χ3v) is 3.34. The fourth-order valence-electron chi connectivity index (χ4n) is 2.21. The molecule has 0 radical (unpaired) electrons. The van der Waals surface area contributed by atoms with Crippen molar-refractivity contribution >= 4 is 0 Å².